The van der Waals surface area contributed by atoms with Crippen molar-refractivity contribution >= 4 is 11.3 Å². The number of rotatable bonds is 5. The number of thiazole rings is 1. The Bertz CT molecular complexity index is 877. The Balaban J connectivity index is 1.56. The maximum Gasteiger partial charge on any atom is 0.442 e. The van der Waals surface area contributed by atoms with E-state index >= 15 is 0 Å². The molecule has 0 radical (unpaired) electrons. The molecule has 0 saturated heterocycles. The molecule has 2 heterocycles. The molecule has 0 N–H and O–H groups in total. The lowest BCUT2D eigenvalue weighted by atomic mass is 10.1. The molecule has 7 heteroatoms. The van der Waals surface area contributed by atoms with Gasteiger partial charge in [0.25, 0.3) is 0 Å². The van der Waals surface area contributed by atoms with Crippen molar-refractivity contribution in [3.63, 3.8) is 0 Å². The molecule has 0 spiro atoms. The lowest BCUT2D eigenvalue weighted by Gasteiger charge is -2.03. The van der Waals surface area contributed by atoms with E-state index in [2.05, 4.69) is 15.5 Å². The topological polar surface area (TPSA) is 60.9 Å². The molecular formula is C16H14FN3O2S. The zero-order valence-corrected chi connectivity index (χ0v) is 13.1. The quantitative estimate of drug-likeness (QED) is 0.721. The average Bonchev–Trinajstić information content (AvgIpc) is 3.21. The summed E-state index contributed by atoms with van der Waals surface area (Å²) in [6, 6.07) is 6.13. The summed E-state index contributed by atoms with van der Waals surface area (Å²) >= 11 is 1.55. The van der Waals surface area contributed by atoms with Crippen molar-refractivity contribution in [2.75, 3.05) is 0 Å². The van der Waals surface area contributed by atoms with Crippen molar-refractivity contribution in [3.05, 3.63) is 68.1 Å². The molecule has 0 atom stereocenters. The minimum Gasteiger partial charge on any atom is -0.296 e. The highest BCUT2D eigenvalue weighted by Gasteiger charge is 2.26. The standard InChI is InChI=1S/C16H14FN3O2S/c17-12-5-1-10(2-6-12)7-14-19-22-16(21)20(14)8-15-18-13(9-23-15)11-3-4-11/h1-2,5-6,9,11H,3-4,7-8H2. The maximum atomic E-state index is 13.0. The molecule has 1 fully saturated rings. The summed E-state index contributed by atoms with van der Waals surface area (Å²) in [6.07, 6.45) is 2.81. The minimum absolute atomic E-state index is 0.290. The van der Waals surface area contributed by atoms with Crippen molar-refractivity contribution in [2.45, 2.75) is 31.7 Å². The lowest BCUT2D eigenvalue weighted by molar-refractivity contribution is 0.375. The average molecular weight is 331 g/mol. The number of hydrogen-bond donors (Lipinski definition) is 0. The Kier molecular flexibility index (Phi) is 3.57. The minimum atomic E-state index is -0.495. The van der Waals surface area contributed by atoms with Crippen molar-refractivity contribution in [1.82, 2.24) is 14.7 Å². The van der Waals surface area contributed by atoms with Crippen LogP contribution in [-0.2, 0) is 13.0 Å². The Hall–Kier alpha value is -2.28. The second-order valence-corrected chi connectivity index (χ2v) is 6.64. The zero-order chi connectivity index (χ0) is 15.8. The highest BCUT2D eigenvalue weighted by atomic mass is 32.1. The van der Waals surface area contributed by atoms with Gasteiger partial charge in [0.15, 0.2) is 5.82 Å². The monoisotopic (exact) mass is 331 g/mol. The Labute approximate surface area is 135 Å². The van der Waals surface area contributed by atoms with Crippen LogP contribution >= 0.6 is 11.3 Å². The molecule has 1 saturated carbocycles. The van der Waals surface area contributed by atoms with Gasteiger partial charge in [-0.1, -0.05) is 17.3 Å². The Morgan fingerprint density at radius 1 is 1.30 bits per heavy atom. The number of nitrogens with zero attached hydrogens (tertiary/aromatic N) is 3. The first kappa shape index (κ1) is 14.3. The third kappa shape index (κ3) is 3.10. The summed E-state index contributed by atoms with van der Waals surface area (Å²) < 4.78 is 19.2. The molecule has 1 aromatic carbocycles. The van der Waals surface area contributed by atoms with Crippen LogP contribution in [0, 0.1) is 5.82 Å². The molecule has 2 aromatic heterocycles. The molecule has 0 bridgehead atoms. The van der Waals surface area contributed by atoms with Crippen molar-refractivity contribution in [2.24, 2.45) is 0 Å². The molecule has 1 aliphatic rings. The summed E-state index contributed by atoms with van der Waals surface area (Å²) in [5.74, 6) is 0.328. The maximum absolute atomic E-state index is 13.0. The molecule has 5 nitrogen and oxygen atoms in total. The van der Waals surface area contributed by atoms with Gasteiger partial charge in [-0.3, -0.25) is 9.09 Å². The van der Waals surface area contributed by atoms with E-state index in [4.69, 9.17) is 4.52 Å². The van der Waals surface area contributed by atoms with E-state index in [1.165, 1.54) is 29.5 Å². The van der Waals surface area contributed by atoms with E-state index in [1.54, 1.807) is 23.5 Å². The summed E-state index contributed by atoms with van der Waals surface area (Å²) in [7, 11) is 0. The van der Waals surface area contributed by atoms with Gasteiger partial charge in [0.2, 0.25) is 0 Å². The number of aromatic nitrogens is 3. The fourth-order valence-corrected chi connectivity index (χ4v) is 3.33. The third-order valence-corrected chi connectivity index (χ3v) is 4.75. The van der Waals surface area contributed by atoms with Crippen molar-refractivity contribution in [1.29, 1.82) is 0 Å². The summed E-state index contributed by atoms with van der Waals surface area (Å²) in [5, 5.41) is 6.78. The van der Waals surface area contributed by atoms with Gasteiger partial charge in [0.1, 0.15) is 10.8 Å². The van der Waals surface area contributed by atoms with Gasteiger partial charge >= 0.3 is 5.76 Å². The predicted molar refractivity (Wildman–Crippen MR) is 83.2 cm³/mol. The largest absolute Gasteiger partial charge is 0.442 e. The molecule has 3 aromatic rings. The second-order valence-electron chi connectivity index (χ2n) is 5.69. The van der Waals surface area contributed by atoms with Crippen LogP contribution in [0.5, 0.6) is 0 Å². The van der Waals surface area contributed by atoms with Crippen LogP contribution in [-0.4, -0.2) is 14.7 Å². The Morgan fingerprint density at radius 2 is 2.09 bits per heavy atom. The van der Waals surface area contributed by atoms with Gasteiger partial charge in [-0.2, -0.15) is 0 Å². The van der Waals surface area contributed by atoms with E-state index in [1.807, 2.05) is 0 Å². The predicted octanol–water partition coefficient (Wildman–Crippen LogP) is 2.95. The molecule has 118 valence electrons. The highest BCUT2D eigenvalue weighted by Crippen LogP contribution is 2.40. The molecule has 0 aliphatic heterocycles. The van der Waals surface area contributed by atoms with Crippen LogP contribution in [0.25, 0.3) is 0 Å². The first-order chi connectivity index (χ1) is 11.2. The molecule has 0 amide bonds. The van der Waals surface area contributed by atoms with E-state index in [-0.39, 0.29) is 5.82 Å². The summed E-state index contributed by atoms with van der Waals surface area (Å²) in [4.78, 5) is 16.5. The van der Waals surface area contributed by atoms with Crippen molar-refractivity contribution < 1.29 is 8.91 Å². The van der Waals surface area contributed by atoms with Crippen LogP contribution in [0.15, 0.2) is 39.0 Å². The molecule has 23 heavy (non-hydrogen) atoms. The number of hydrogen-bond acceptors (Lipinski definition) is 5. The van der Waals surface area contributed by atoms with Crippen LogP contribution in [0.1, 0.15) is 40.8 Å². The second kappa shape index (κ2) is 5.73. The highest BCUT2D eigenvalue weighted by molar-refractivity contribution is 7.09. The van der Waals surface area contributed by atoms with Crippen molar-refractivity contribution in [3.8, 4) is 0 Å². The van der Waals surface area contributed by atoms with E-state index in [0.29, 0.717) is 24.7 Å². The van der Waals surface area contributed by atoms with Gasteiger partial charge in [-0.15, -0.1) is 11.3 Å². The molecule has 4 rings (SSSR count). The van der Waals surface area contributed by atoms with Crippen LogP contribution < -0.4 is 5.76 Å². The van der Waals surface area contributed by atoms with E-state index < -0.39 is 5.76 Å². The number of halogens is 1. The molecular weight excluding hydrogens is 317 g/mol. The smallest absolute Gasteiger partial charge is 0.296 e. The zero-order valence-electron chi connectivity index (χ0n) is 12.2. The lowest BCUT2D eigenvalue weighted by Crippen LogP contribution is -2.18. The third-order valence-electron chi connectivity index (χ3n) is 3.90. The Morgan fingerprint density at radius 3 is 2.83 bits per heavy atom. The molecule has 0 unspecified atom stereocenters. The first-order valence-corrected chi connectivity index (χ1v) is 8.31. The van der Waals surface area contributed by atoms with Crippen LogP contribution in [0.3, 0.4) is 0 Å². The number of benzene rings is 1. The summed E-state index contributed by atoms with van der Waals surface area (Å²) in [5.41, 5.74) is 1.99. The molecule has 1 aliphatic carbocycles. The normalized spacial score (nSPS) is 14.3. The van der Waals surface area contributed by atoms with Gasteiger partial charge < -0.3 is 0 Å². The van der Waals surface area contributed by atoms with E-state index in [0.717, 1.165) is 16.3 Å². The fourth-order valence-electron chi connectivity index (χ4n) is 2.46. The van der Waals surface area contributed by atoms with Gasteiger partial charge in [0, 0.05) is 17.7 Å². The van der Waals surface area contributed by atoms with Crippen LogP contribution in [0.4, 0.5) is 4.39 Å². The van der Waals surface area contributed by atoms with Gasteiger partial charge in [0.05, 0.1) is 12.2 Å². The van der Waals surface area contributed by atoms with E-state index in [9.17, 15) is 9.18 Å². The van der Waals surface area contributed by atoms with Gasteiger partial charge in [-0.05, 0) is 30.5 Å². The SMILES string of the molecule is O=c1onc(Cc2ccc(F)cc2)n1Cc1nc(C2CC2)cs1. The summed E-state index contributed by atoms with van der Waals surface area (Å²) in [6.45, 7) is 0.357. The van der Waals surface area contributed by atoms with Crippen LogP contribution in [0.2, 0.25) is 0 Å². The van der Waals surface area contributed by atoms with Gasteiger partial charge in [-0.25, -0.2) is 14.2 Å². The fraction of sp³-hybridized carbons (Fsp3) is 0.312. The first-order valence-electron chi connectivity index (χ1n) is 7.43.